The zero-order valence-corrected chi connectivity index (χ0v) is 23.9. The molecule has 3 aliphatic heterocycles. The van der Waals surface area contributed by atoms with E-state index in [1.54, 1.807) is 25.2 Å². The molecule has 0 saturated carbocycles. The largest absolute Gasteiger partial charge is 0.496 e. The summed E-state index contributed by atoms with van der Waals surface area (Å²) < 4.78 is 11.4. The lowest BCUT2D eigenvalue weighted by Crippen LogP contribution is -2.66. The molecule has 0 aromatic heterocycles. The Bertz CT molecular complexity index is 1650. The first-order chi connectivity index (χ1) is 20.3. The van der Waals surface area contributed by atoms with Crippen LogP contribution in [0.4, 0.5) is 5.69 Å². The van der Waals surface area contributed by atoms with Crippen molar-refractivity contribution in [2.45, 2.75) is 11.5 Å². The quantitative estimate of drug-likeness (QED) is 0.467. The first kappa shape index (κ1) is 27.5. The SMILES string of the molecule is C=CC(=O)N1C/C(=C\c2ccccc2OC)C(=O)[C@@]2(C1)[C@H](c1ccccc1OC)CN(C)[C@]21C(=O)Nc2ccccc21. The van der Waals surface area contributed by atoms with Gasteiger partial charge in [-0.15, -0.1) is 0 Å². The first-order valence-electron chi connectivity index (χ1n) is 13.9. The highest BCUT2D eigenvalue weighted by Gasteiger charge is 2.75. The number of anilines is 1. The standard InChI is InChI=1S/C34H33N3O5/c1-5-30(38)37-19-23(18-22-12-6-10-16-28(22)41-3)31(39)33(21-37)26(24-13-7-11-17-29(24)42-4)20-36(2)34(33)25-14-8-9-15-27(25)35-32(34)40/h5-18,26H,1,19-21H2,2-4H3,(H,35,40)/b23-18+/t26-,33+,34+/m0/s1. The molecule has 2 spiro atoms. The molecule has 3 aromatic carbocycles. The number of likely N-dealkylation sites (N-methyl/N-ethyl adjacent to an activating group) is 1. The van der Waals surface area contributed by atoms with Crippen LogP contribution in [0.15, 0.2) is 91.0 Å². The van der Waals surface area contributed by atoms with Crippen LogP contribution in [0.2, 0.25) is 0 Å². The summed E-state index contributed by atoms with van der Waals surface area (Å²) in [6.45, 7) is 4.22. The highest BCUT2D eigenvalue weighted by atomic mass is 16.5. The predicted octanol–water partition coefficient (Wildman–Crippen LogP) is 4.25. The summed E-state index contributed by atoms with van der Waals surface area (Å²) in [6.07, 6.45) is 3.05. The molecule has 0 radical (unpaired) electrons. The number of carbonyl (C=O) groups is 3. The topological polar surface area (TPSA) is 88.2 Å². The Balaban J connectivity index is 1.69. The molecule has 3 atom stereocenters. The number of nitrogens with zero attached hydrogens (tertiary/aromatic N) is 2. The molecule has 0 bridgehead atoms. The van der Waals surface area contributed by atoms with E-state index in [4.69, 9.17) is 9.47 Å². The molecular formula is C34H33N3O5. The molecular weight excluding hydrogens is 530 g/mol. The van der Waals surface area contributed by atoms with E-state index in [2.05, 4.69) is 11.9 Å². The van der Waals surface area contributed by atoms with E-state index in [0.29, 0.717) is 40.4 Å². The minimum atomic E-state index is -1.40. The summed E-state index contributed by atoms with van der Waals surface area (Å²) in [7, 11) is 5.05. The Labute approximate surface area is 245 Å². The summed E-state index contributed by atoms with van der Waals surface area (Å²) in [5, 5.41) is 3.07. The van der Waals surface area contributed by atoms with E-state index in [-0.39, 0.29) is 30.7 Å². The normalized spacial score (nSPS) is 26.0. The second kappa shape index (κ2) is 10.3. The number of methoxy groups -OCH3 is 2. The molecule has 2 saturated heterocycles. The Kier molecular flexibility index (Phi) is 6.74. The lowest BCUT2D eigenvalue weighted by atomic mass is 9.56. The van der Waals surface area contributed by atoms with Gasteiger partial charge in [0.1, 0.15) is 17.0 Å². The van der Waals surface area contributed by atoms with E-state index >= 15 is 4.79 Å². The van der Waals surface area contributed by atoms with Crippen LogP contribution in [-0.2, 0) is 19.9 Å². The molecule has 214 valence electrons. The van der Waals surface area contributed by atoms with Crippen LogP contribution in [0.1, 0.15) is 22.6 Å². The zero-order valence-electron chi connectivity index (χ0n) is 23.9. The molecule has 0 unspecified atom stereocenters. The number of likely N-dealkylation sites (tertiary alicyclic amines) is 2. The number of amides is 2. The average Bonchev–Trinajstić information content (AvgIpc) is 3.46. The number of benzene rings is 3. The summed E-state index contributed by atoms with van der Waals surface area (Å²) in [6, 6.07) is 22.5. The molecule has 2 fully saturated rings. The third kappa shape index (κ3) is 3.68. The van der Waals surface area contributed by atoms with Crippen molar-refractivity contribution < 1.29 is 23.9 Å². The fourth-order valence-corrected chi connectivity index (χ4v) is 7.45. The Morgan fingerprint density at radius 3 is 2.38 bits per heavy atom. The summed E-state index contributed by atoms with van der Waals surface area (Å²) in [5.74, 6) is -0.0700. The number of ether oxygens (including phenoxy) is 2. The Morgan fingerprint density at radius 2 is 1.64 bits per heavy atom. The summed E-state index contributed by atoms with van der Waals surface area (Å²) >= 11 is 0. The second-order valence-corrected chi connectivity index (χ2v) is 11.0. The number of ketones is 1. The van der Waals surface area contributed by atoms with Gasteiger partial charge in [-0.2, -0.15) is 0 Å². The smallest absolute Gasteiger partial charge is 0.250 e. The van der Waals surface area contributed by atoms with Crippen LogP contribution in [0, 0.1) is 5.41 Å². The fourth-order valence-electron chi connectivity index (χ4n) is 7.45. The van der Waals surface area contributed by atoms with E-state index in [1.807, 2.05) is 84.7 Å². The number of carbonyl (C=O) groups excluding carboxylic acids is 3. The molecule has 1 N–H and O–H groups in total. The number of hydrogen-bond acceptors (Lipinski definition) is 6. The van der Waals surface area contributed by atoms with Crippen LogP contribution in [0.5, 0.6) is 11.5 Å². The zero-order chi connectivity index (χ0) is 29.6. The van der Waals surface area contributed by atoms with Crippen LogP contribution in [0.3, 0.4) is 0 Å². The van der Waals surface area contributed by atoms with Crippen molar-refractivity contribution in [3.05, 3.63) is 108 Å². The number of piperidine rings is 1. The first-order valence-corrected chi connectivity index (χ1v) is 13.9. The van der Waals surface area contributed by atoms with Gasteiger partial charge in [0.25, 0.3) is 5.91 Å². The maximum atomic E-state index is 15.3. The average molecular weight is 564 g/mol. The van der Waals surface area contributed by atoms with Gasteiger partial charge in [0.2, 0.25) is 5.91 Å². The van der Waals surface area contributed by atoms with E-state index in [0.717, 1.165) is 5.56 Å². The molecule has 6 rings (SSSR count). The molecule has 2 amide bonds. The van der Waals surface area contributed by atoms with Crippen molar-refractivity contribution in [2.24, 2.45) is 5.41 Å². The number of Topliss-reactive ketones (excluding diaryl/α,β-unsaturated/α-hetero) is 1. The summed E-state index contributed by atoms with van der Waals surface area (Å²) in [4.78, 5) is 46.8. The van der Waals surface area contributed by atoms with Crippen LogP contribution in [0.25, 0.3) is 6.08 Å². The van der Waals surface area contributed by atoms with Gasteiger partial charge in [-0.25, -0.2) is 0 Å². The van der Waals surface area contributed by atoms with Crippen molar-refractivity contribution in [1.82, 2.24) is 9.80 Å². The monoisotopic (exact) mass is 563 g/mol. The minimum absolute atomic E-state index is 0.0226. The van der Waals surface area contributed by atoms with Gasteiger partial charge in [-0.1, -0.05) is 61.2 Å². The number of nitrogens with one attached hydrogen (secondary N) is 1. The van der Waals surface area contributed by atoms with Crippen molar-refractivity contribution in [2.75, 3.05) is 46.2 Å². The molecule has 3 aliphatic rings. The number of rotatable bonds is 5. The molecule has 8 nitrogen and oxygen atoms in total. The van der Waals surface area contributed by atoms with Crippen LogP contribution < -0.4 is 14.8 Å². The second-order valence-electron chi connectivity index (χ2n) is 11.0. The number of fused-ring (bicyclic) bond motifs is 3. The van der Waals surface area contributed by atoms with Crippen LogP contribution in [-0.4, -0.2) is 68.3 Å². The van der Waals surface area contributed by atoms with E-state index in [1.165, 1.54) is 6.08 Å². The third-order valence-electron chi connectivity index (χ3n) is 9.13. The van der Waals surface area contributed by atoms with Crippen molar-refractivity contribution in [3.63, 3.8) is 0 Å². The number of para-hydroxylation sites is 3. The molecule has 42 heavy (non-hydrogen) atoms. The van der Waals surface area contributed by atoms with Crippen molar-refractivity contribution in [3.8, 4) is 11.5 Å². The Hall–Kier alpha value is -4.69. The predicted molar refractivity (Wildman–Crippen MR) is 160 cm³/mol. The fraction of sp³-hybridized carbons (Fsp3) is 0.265. The highest BCUT2D eigenvalue weighted by molar-refractivity contribution is 6.16. The van der Waals surface area contributed by atoms with Crippen molar-refractivity contribution >= 4 is 29.4 Å². The highest BCUT2D eigenvalue weighted by Crippen LogP contribution is 2.65. The summed E-state index contributed by atoms with van der Waals surface area (Å²) in [5.41, 5.74) is 0.491. The van der Waals surface area contributed by atoms with Crippen molar-refractivity contribution in [1.29, 1.82) is 0 Å². The van der Waals surface area contributed by atoms with Gasteiger partial charge < -0.3 is 19.7 Å². The lowest BCUT2D eigenvalue weighted by Gasteiger charge is -2.51. The molecule has 0 aliphatic carbocycles. The van der Waals surface area contributed by atoms with E-state index < -0.39 is 16.9 Å². The van der Waals surface area contributed by atoms with Gasteiger partial charge in [-0.05, 0) is 43.0 Å². The number of hydrogen-bond donors (Lipinski definition) is 1. The minimum Gasteiger partial charge on any atom is -0.496 e. The maximum Gasteiger partial charge on any atom is 0.250 e. The van der Waals surface area contributed by atoms with E-state index in [9.17, 15) is 9.59 Å². The third-order valence-corrected chi connectivity index (χ3v) is 9.13. The molecule has 3 heterocycles. The van der Waals surface area contributed by atoms with Gasteiger partial charge in [0.15, 0.2) is 5.78 Å². The lowest BCUT2D eigenvalue weighted by molar-refractivity contribution is -0.150. The van der Waals surface area contributed by atoms with Gasteiger partial charge >= 0.3 is 0 Å². The Morgan fingerprint density at radius 1 is 0.976 bits per heavy atom. The maximum absolute atomic E-state index is 15.3. The van der Waals surface area contributed by atoms with Gasteiger partial charge in [0, 0.05) is 47.9 Å². The van der Waals surface area contributed by atoms with Gasteiger partial charge in [-0.3, -0.25) is 19.3 Å². The van der Waals surface area contributed by atoms with Crippen LogP contribution >= 0.6 is 0 Å². The molecule has 8 heteroatoms. The van der Waals surface area contributed by atoms with Gasteiger partial charge in [0.05, 0.1) is 19.6 Å². The molecule has 3 aromatic rings.